The number of piperidine rings is 6. The summed E-state index contributed by atoms with van der Waals surface area (Å²) in [4.78, 5) is 24.5. The summed E-state index contributed by atoms with van der Waals surface area (Å²) in [5.74, 6) is 2.24. The van der Waals surface area contributed by atoms with Crippen LogP contribution in [0, 0.1) is 35.0 Å². The molecule has 0 amide bonds. The molecule has 2 aromatic carbocycles. The van der Waals surface area contributed by atoms with Gasteiger partial charge < -0.3 is 24.4 Å². The number of carbonyl (C=O) groups is 1. The summed E-state index contributed by atoms with van der Waals surface area (Å²) in [5.41, 5.74) is 7.79. The van der Waals surface area contributed by atoms with Crippen LogP contribution in [0.3, 0.4) is 0 Å². The van der Waals surface area contributed by atoms with Gasteiger partial charge in [-0.25, -0.2) is 0 Å². The molecule has 1 N–H and O–H groups in total. The highest BCUT2D eigenvalue weighted by Crippen LogP contribution is 2.77. The average molecular weight is 703 g/mol. The van der Waals surface area contributed by atoms with Crippen LogP contribution in [0.25, 0.3) is 0 Å². The molecule has 10 aliphatic heterocycles. The normalized spacial score (nSPS) is 50.0. The lowest BCUT2D eigenvalue weighted by atomic mass is 9.55. The number of fused-ring (bicyclic) bond motifs is 13. The van der Waals surface area contributed by atoms with Gasteiger partial charge in [0.15, 0.2) is 0 Å². The van der Waals surface area contributed by atoms with Crippen LogP contribution in [0.4, 0.5) is 11.4 Å². The lowest BCUT2D eigenvalue weighted by molar-refractivity contribution is -0.204. The molecule has 13 rings (SSSR count). The Balaban J connectivity index is 0.984. The van der Waals surface area contributed by atoms with E-state index in [1.807, 2.05) is 0 Å². The Morgan fingerprint density at radius 3 is 2.67 bits per heavy atom. The maximum atomic E-state index is 13.4. The minimum absolute atomic E-state index is 0.0101. The molecule has 274 valence electrons. The van der Waals surface area contributed by atoms with E-state index in [4.69, 9.17) is 9.47 Å². The number of ether oxygens (including phenoxy) is 2. The maximum Gasteiger partial charge on any atom is 0.306 e. The number of likely N-dealkylation sites (N-methyl/N-ethyl adjacent to an activating group) is 2. The van der Waals surface area contributed by atoms with E-state index < -0.39 is 0 Å². The number of aliphatic hydroxyl groups is 1. The molecule has 16 unspecified atom stereocenters. The molecule has 1 spiro atoms. The standard InChI is InChI=1S/C44H54N4O4/c1-6-23-19-47-35-16-30(23)43(18-38(50)51-5)36(21-49)44(17-37(43)47)29-12-9-11-28-40(29)48(41(35)44)20-31-25-14-34-39-26(24-10-7-8-13-32(24)46(39)4)15-33(45(34)3)27(25)22-52-42(28,31)2/h6-13,25-27,30-31,33-37,39,41,49H,14-22H2,1-5H3. The summed E-state index contributed by atoms with van der Waals surface area (Å²) in [7, 11) is 6.29. The van der Waals surface area contributed by atoms with Crippen LogP contribution in [-0.2, 0) is 25.3 Å². The molecule has 1 aliphatic carbocycles. The third-order valence-electron chi connectivity index (χ3n) is 18.3. The molecule has 2 aromatic rings. The van der Waals surface area contributed by atoms with Crippen LogP contribution < -0.4 is 9.80 Å². The van der Waals surface area contributed by atoms with Gasteiger partial charge in [-0.15, -0.1) is 0 Å². The number of rotatable bonds is 3. The maximum absolute atomic E-state index is 13.4. The van der Waals surface area contributed by atoms with E-state index in [2.05, 4.69) is 96.1 Å². The highest BCUT2D eigenvalue weighted by molar-refractivity contribution is 5.76. The van der Waals surface area contributed by atoms with Gasteiger partial charge >= 0.3 is 5.97 Å². The zero-order valence-electron chi connectivity index (χ0n) is 31.4. The van der Waals surface area contributed by atoms with Crippen LogP contribution in [0.2, 0.25) is 0 Å². The zero-order valence-corrected chi connectivity index (χ0v) is 31.4. The SMILES string of the molecule is CC=C1CN2C3CC1C1(CC(=O)OC)C2CC2(c4cccc5c4N(CC4C6CC7C8C(CC(C6COC54C)N7C)c4ccccc4N8C)C32)C1CO. The fraction of sp³-hybridized carbons (Fsp3) is 0.659. The minimum Gasteiger partial charge on any atom is -0.469 e. The fourth-order valence-electron chi connectivity index (χ4n) is 16.6. The smallest absolute Gasteiger partial charge is 0.306 e. The second-order valence-electron chi connectivity index (χ2n) is 18.9. The molecule has 8 fully saturated rings. The zero-order chi connectivity index (χ0) is 35.2. The van der Waals surface area contributed by atoms with Gasteiger partial charge in [0.1, 0.15) is 0 Å². The van der Waals surface area contributed by atoms with Gasteiger partial charge in [-0.05, 0) is 75.6 Å². The number of aliphatic hydroxyl groups excluding tert-OH is 1. The minimum atomic E-state index is -0.353. The number of nitrogens with zero attached hydrogens (tertiary/aromatic N) is 4. The third-order valence-corrected chi connectivity index (χ3v) is 18.3. The largest absolute Gasteiger partial charge is 0.469 e. The van der Waals surface area contributed by atoms with E-state index >= 15 is 0 Å². The number of methoxy groups -OCH3 is 1. The van der Waals surface area contributed by atoms with Crippen molar-refractivity contribution >= 4 is 17.3 Å². The molecule has 16 atom stereocenters. The highest BCUT2D eigenvalue weighted by Gasteiger charge is 2.81. The number of hydrogen-bond donors (Lipinski definition) is 1. The third kappa shape index (κ3) is 3.23. The van der Waals surface area contributed by atoms with Crippen LogP contribution in [-0.4, -0.2) is 105 Å². The molecule has 7 saturated heterocycles. The molecule has 7 bridgehead atoms. The van der Waals surface area contributed by atoms with Crippen LogP contribution in [0.1, 0.15) is 68.6 Å². The van der Waals surface area contributed by atoms with E-state index in [1.54, 1.807) is 5.56 Å². The van der Waals surface area contributed by atoms with Crippen molar-refractivity contribution < 1.29 is 19.4 Å². The molecule has 10 heterocycles. The van der Waals surface area contributed by atoms with Gasteiger partial charge in [-0.2, -0.15) is 0 Å². The van der Waals surface area contributed by atoms with E-state index in [0.717, 1.165) is 32.5 Å². The van der Waals surface area contributed by atoms with Gasteiger partial charge in [0.05, 0.1) is 37.8 Å². The Labute approximate surface area is 308 Å². The molecular weight excluding hydrogens is 649 g/mol. The van der Waals surface area contributed by atoms with Gasteiger partial charge in [0.25, 0.3) is 0 Å². The summed E-state index contributed by atoms with van der Waals surface area (Å²) < 4.78 is 12.8. The topological polar surface area (TPSA) is 68.7 Å². The molecule has 8 heteroatoms. The predicted molar refractivity (Wildman–Crippen MR) is 199 cm³/mol. The number of para-hydroxylation sites is 2. The molecule has 52 heavy (non-hydrogen) atoms. The Hall–Kier alpha value is -2.91. The number of esters is 1. The average Bonchev–Trinajstić information content (AvgIpc) is 3.69. The van der Waals surface area contributed by atoms with E-state index in [1.165, 1.54) is 48.0 Å². The van der Waals surface area contributed by atoms with Crippen LogP contribution >= 0.6 is 0 Å². The Bertz CT molecular complexity index is 1950. The van der Waals surface area contributed by atoms with Crippen molar-refractivity contribution in [3.63, 3.8) is 0 Å². The predicted octanol–water partition coefficient (Wildman–Crippen LogP) is 4.89. The Morgan fingerprint density at radius 1 is 1.04 bits per heavy atom. The van der Waals surface area contributed by atoms with Gasteiger partial charge in [0, 0.05) is 102 Å². The lowest BCUT2D eigenvalue weighted by Crippen LogP contribution is -2.72. The second kappa shape index (κ2) is 10.0. The Kier molecular flexibility index (Phi) is 6.07. The number of carbonyl (C=O) groups excluding carboxylic acids is 1. The summed E-state index contributed by atoms with van der Waals surface area (Å²) in [6.45, 7) is 7.54. The number of hydrogen-bond acceptors (Lipinski definition) is 8. The van der Waals surface area contributed by atoms with Crippen molar-refractivity contribution in [3.8, 4) is 0 Å². The van der Waals surface area contributed by atoms with Crippen LogP contribution in [0.5, 0.6) is 0 Å². The first kappa shape index (κ1) is 31.4. The van der Waals surface area contributed by atoms with Crippen molar-refractivity contribution in [1.29, 1.82) is 0 Å². The molecule has 11 aliphatic rings. The fourth-order valence-corrected chi connectivity index (χ4v) is 16.6. The van der Waals surface area contributed by atoms with Crippen LogP contribution in [0.15, 0.2) is 54.1 Å². The number of benzene rings is 2. The molecule has 0 aromatic heterocycles. The van der Waals surface area contributed by atoms with E-state index in [0.29, 0.717) is 60.2 Å². The summed E-state index contributed by atoms with van der Waals surface area (Å²) in [6.07, 6.45) is 7.20. The lowest BCUT2D eigenvalue weighted by Gasteiger charge is -2.65. The first-order valence-electron chi connectivity index (χ1n) is 20.4. The summed E-state index contributed by atoms with van der Waals surface area (Å²) in [6, 6.07) is 18.8. The molecule has 1 saturated carbocycles. The van der Waals surface area contributed by atoms with E-state index in [-0.39, 0.29) is 47.0 Å². The van der Waals surface area contributed by atoms with Gasteiger partial charge in [0.2, 0.25) is 0 Å². The molecule has 0 radical (unpaired) electrons. The highest BCUT2D eigenvalue weighted by atomic mass is 16.5. The second-order valence-corrected chi connectivity index (χ2v) is 18.9. The van der Waals surface area contributed by atoms with Crippen molar-refractivity contribution in [2.24, 2.45) is 35.0 Å². The first-order valence-corrected chi connectivity index (χ1v) is 20.4. The number of anilines is 2. The van der Waals surface area contributed by atoms with E-state index in [9.17, 15) is 9.90 Å². The molecular formula is C44H54N4O4. The Morgan fingerprint density at radius 2 is 1.87 bits per heavy atom. The van der Waals surface area contributed by atoms with Gasteiger partial charge in [-0.1, -0.05) is 48.0 Å². The van der Waals surface area contributed by atoms with Crippen molar-refractivity contribution in [2.75, 3.05) is 57.3 Å². The quantitative estimate of drug-likeness (QED) is 0.359. The number of allylic oxidation sites excluding steroid dienone is 1. The first-order chi connectivity index (χ1) is 25.2. The monoisotopic (exact) mass is 702 g/mol. The van der Waals surface area contributed by atoms with Crippen molar-refractivity contribution in [2.45, 2.75) is 99.1 Å². The van der Waals surface area contributed by atoms with Gasteiger partial charge in [-0.3, -0.25) is 14.6 Å². The van der Waals surface area contributed by atoms with Crippen molar-refractivity contribution in [3.05, 3.63) is 70.8 Å². The molecule has 8 nitrogen and oxygen atoms in total. The summed E-state index contributed by atoms with van der Waals surface area (Å²) in [5, 5.41) is 11.7. The summed E-state index contributed by atoms with van der Waals surface area (Å²) >= 11 is 0. The van der Waals surface area contributed by atoms with Crippen molar-refractivity contribution in [1.82, 2.24) is 9.80 Å².